The van der Waals surface area contributed by atoms with Crippen molar-refractivity contribution in [2.24, 2.45) is 5.92 Å². The number of rotatable bonds is 6. The molecule has 1 aliphatic heterocycles. The van der Waals surface area contributed by atoms with E-state index < -0.39 is 11.9 Å². The summed E-state index contributed by atoms with van der Waals surface area (Å²) in [7, 11) is 0. The highest BCUT2D eigenvalue weighted by molar-refractivity contribution is 7.10. The van der Waals surface area contributed by atoms with Gasteiger partial charge in [0.25, 0.3) is 0 Å². The summed E-state index contributed by atoms with van der Waals surface area (Å²) in [5.74, 6) is -1.16. The maximum absolute atomic E-state index is 11.3. The number of carbonyl (C=O) groups is 1. The number of ether oxygens (including phenoxy) is 1. The molecule has 1 fully saturated rings. The molecule has 0 aliphatic carbocycles. The zero-order valence-electron chi connectivity index (χ0n) is 11.4. The van der Waals surface area contributed by atoms with Crippen molar-refractivity contribution in [2.45, 2.75) is 32.4 Å². The molecule has 1 aromatic rings. The first-order valence-electron chi connectivity index (χ1n) is 6.74. The van der Waals surface area contributed by atoms with Gasteiger partial charge in [-0.25, -0.2) is 0 Å². The van der Waals surface area contributed by atoms with Crippen molar-refractivity contribution in [3.05, 3.63) is 22.4 Å². The maximum atomic E-state index is 11.3. The zero-order valence-corrected chi connectivity index (χ0v) is 12.2. The fourth-order valence-electron chi connectivity index (χ4n) is 2.70. The van der Waals surface area contributed by atoms with Crippen LogP contribution in [0.5, 0.6) is 0 Å². The number of aliphatic carboxylic acids is 1. The third-order valence-corrected chi connectivity index (χ3v) is 4.77. The molecule has 0 saturated carbocycles. The Morgan fingerprint density at radius 2 is 2.42 bits per heavy atom. The van der Waals surface area contributed by atoms with Gasteiger partial charge >= 0.3 is 5.97 Å². The van der Waals surface area contributed by atoms with Crippen molar-refractivity contribution in [3.63, 3.8) is 0 Å². The summed E-state index contributed by atoms with van der Waals surface area (Å²) in [6.45, 7) is 6.03. The van der Waals surface area contributed by atoms with Gasteiger partial charge in [0.1, 0.15) is 0 Å². The lowest BCUT2D eigenvalue weighted by Crippen LogP contribution is -2.44. The molecule has 0 radical (unpaired) electrons. The Kier molecular flexibility index (Phi) is 4.96. The minimum absolute atomic E-state index is 0.0189. The molecule has 4 nitrogen and oxygen atoms in total. The lowest BCUT2D eigenvalue weighted by atomic mass is 10.00. The molecule has 0 aromatic carbocycles. The minimum atomic E-state index is -0.748. The molecule has 19 heavy (non-hydrogen) atoms. The Labute approximate surface area is 118 Å². The highest BCUT2D eigenvalue weighted by Crippen LogP contribution is 2.31. The van der Waals surface area contributed by atoms with E-state index in [4.69, 9.17) is 4.74 Å². The van der Waals surface area contributed by atoms with Gasteiger partial charge in [0.05, 0.1) is 19.1 Å². The summed E-state index contributed by atoms with van der Waals surface area (Å²) in [5.41, 5.74) is 0. The predicted molar refractivity (Wildman–Crippen MR) is 75.5 cm³/mol. The van der Waals surface area contributed by atoms with Crippen LogP contribution < -0.4 is 0 Å². The molecule has 5 heteroatoms. The molecule has 0 bridgehead atoms. The van der Waals surface area contributed by atoms with Crippen LogP contribution in [0, 0.1) is 5.92 Å². The van der Waals surface area contributed by atoms with Gasteiger partial charge in [-0.3, -0.25) is 9.69 Å². The summed E-state index contributed by atoms with van der Waals surface area (Å²) in [4.78, 5) is 14.9. The van der Waals surface area contributed by atoms with Gasteiger partial charge in [-0.15, -0.1) is 11.3 Å². The SMILES string of the molecule is CCCN(C(C)c1cccs1)C1COCC1C(=O)O. The molecular formula is C14H21NO3S. The van der Waals surface area contributed by atoms with E-state index in [-0.39, 0.29) is 12.1 Å². The van der Waals surface area contributed by atoms with Gasteiger partial charge in [-0.05, 0) is 31.3 Å². The largest absolute Gasteiger partial charge is 0.481 e. The molecule has 2 heterocycles. The van der Waals surface area contributed by atoms with Gasteiger partial charge in [0, 0.05) is 17.0 Å². The molecule has 1 aromatic heterocycles. The topological polar surface area (TPSA) is 49.8 Å². The lowest BCUT2D eigenvalue weighted by Gasteiger charge is -2.34. The van der Waals surface area contributed by atoms with Crippen molar-refractivity contribution in [2.75, 3.05) is 19.8 Å². The van der Waals surface area contributed by atoms with Crippen molar-refractivity contribution in [1.82, 2.24) is 4.90 Å². The number of nitrogens with zero attached hydrogens (tertiary/aromatic N) is 1. The van der Waals surface area contributed by atoms with Crippen LogP contribution in [-0.2, 0) is 9.53 Å². The van der Waals surface area contributed by atoms with Gasteiger partial charge in [-0.1, -0.05) is 13.0 Å². The number of carboxylic acid groups (broad SMARTS) is 1. The summed E-state index contributed by atoms with van der Waals surface area (Å²) in [5, 5.41) is 11.4. The Morgan fingerprint density at radius 3 is 3.00 bits per heavy atom. The molecule has 0 spiro atoms. The van der Waals surface area contributed by atoms with E-state index in [2.05, 4.69) is 30.2 Å². The second-order valence-corrected chi connectivity index (χ2v) is 5.96. The van der Waals surface area contributed by atoms with Gasteiger partial charge in [-0.2, -0.15) is 0 Å². The Hall–Kier alpha value is -0.910. The summed E-state index contributed by atoms with van der Waals surface area (Å²) in [6.07, 6.45) is 1.01. The van der Waals surface area contributed by atoms with Crippen molar-refractivity contribution < 1.29 is 14.6 Å². The highest BCUT2D eigenvalue weighted by Gasteiger charge is 2.39. The Morgan fingerprint density at radius 1 is 1.63 bits per heavy atom. The standard InChI is InChI=1S/C14H21NO3S/c1-3-6-15(10(2)13-5-4-7-19-13)12-9-18-8-11(12)14(16)17/h4-5,7,10-12H,3,6,8-9H2,1-2H3,(H,16,17). The molecular weight excluding hydrogens is 262 g/mol. The van der Waals surface area contributed by atoms with E-state index >= 15 is 0 Å². The Bertz CT molecular complexity index is 407. The highest BCUT2D eigenvalue weighted by atomic mass is 32.1. The first-order valence-corrected chi connectivity index (χ1v) is 7.62. The second-order valence-electron chi connectivity index (χ2n) is 4.98. The average Bonchev–Trinajstić information content (AvgIpc) is 3.05. The molecule has 1 N–H and O–H groups in total. The third kappa shape index (κ3) is 3.16. The van der Waals surface area contributed by atoms with Crippen molar-refractivity contribution in [1.29, 1.82) is 0 Å². The van der Waals surface area contributed by atoms with Crippen LogP contribution in [0.25, 0.3) is 0 Å². The molecule has 3 atom stereocenters. The van der Waals surface area contributed by atoms with Crippen molar-refractivity contribution >= 4 is 17.3 Å². The van der Waals surface area contributed by atoms with E-state index in [1.54, 1.807) is 11.3 Å². The van der Waals surface area contributed by atoms with E-state index in [1.807, 2.05) is 6.07 Å². The van der Waals surface area contributed by atoms with Crippen LogP contribution in [0.3, 0.4) is 0 Å². The van der Waals surface area contributed by atoms with Crippen LogP contribution in [0.4, 0.5) is 0 Å². The second kappa shape index (κ2) is 6.50. The van der Waals surface area contributed by atoms with Crippen molar-refractivity contribution in [3.8, 4) is 0 Å². The molecule has 106 valence electrons. The smallest absolute Gasteiger partial charge is 0.310 e. The number of hydrogen-bond acceptors (Lipinski definition) is 4. The van der Waals surface area contributed by atoms with Crippen LogP contribution >= 0.6 is 11.3 Å². The number of hydrogen-bond donors (Lipinski definition) is 1. The summed E-state index contributed by atoms with van der Waals surface area (Å²) in [6, 6.07) is 4.38. The molecule has 1 saturated heterocycles. The minimum Gasteiger partial charge on any atom is -0.481 e. The zero-order chi connectivity index (χ0) is 13.8. The van der Waals surface area contributed by atoms with E-state index in [9.17, 15) is 9.90 Å². The quantitative estimate of drug-likeness (QED) is 0.872. The van der Waals surface area contributed by atoms with Crippen LogP contribution in [0.15, 0.2) is 17.5 Å². The maximum Gasteiger partial charge on any atom is 0.310 e. The molecule has 3 unspecified atom stereocenters. The summed E-state index contributed by atoms with van der Waals surface area (Å²) < 4.78 is 5.41. The fraction of sp³-hybridized carbons (Fsp3) is 0.643. The molecule has 0 amide bonds. The number of thiophene rings is 1. The molecule has 2 rings (SSSR count). The monoisotopic (exact) mass is 283 g/mol. The van der Waals surface area contributed by atoms with E-state index in [1.165, 1.54) is 4.88 Å². The van der Waals surface area contributed by atoms with E-state index in [0.717, 1.165) is 13.0 Å². The van der Waals surface area contributed by atoms with Crippen LogP contribution in [0.2, 0.25) is 0 Å². The first kappa shape index (κ1) is 14.5. The fourth-order valence-corrected chi connectivity index (χ4v) is 3.51. The lowest BCUT2D eigenvalue weighted by molar-refractivity contribution is -0.143. The predicted octanol–water partition coefficient (Wildman–Crippen LogP) is 2.62. The Balaban J connectivity index is 2.17. The van der Waals surface area contributed by atoms with Gasteiger partial charge in [0.2, 0.25) is 0 Å². The van der Waals surface area contributed by atoms with Crippen LogP contribution in [-0.4, -0.2) is 41.8 Å². The van der Waals surface area contributed by atoms with E-state index in [0.29, 0.717) is 13.2 Å². The van der Waals surface area contributed by atoms with Crippen LogP contribution in [0.1, 0.15) is 31.2 Å². The summed E-state index contributed by atoms with van der Waals surface area (Å²) >= 11 is 1.72. The normalized spacial score (nSPS) is 24.8. The number of carboxylic acids is 1. The third-order valence-electron chi connectivity index (χ3n) is 3.73. The molecule has 1 aliphatic rings. The first-order chi connectivity index (χ1) is 9.15. The van der Waals surface area contributed by atoms with Gasteiger partial charge in [0.15, 0.2) is 0 Å². The average molecular weight is 283 g/mol. The van der Waals surface area contributed by atoms with Gasteiger partial charge < -0.3 is 9.84 Å².